The average molecular weight is 238 g/mol. The molecule has 0 N–H and O–H groups in total. The molecule has 1 rings (SSSR count). The van der Waals surface area contributed by atoms with Gasteiger partial charge in [0, 0.05) is 11.1 Å². The third-order valence-electron chi connectivity index (χ3n) is 2.28. The zero-order valence-corrected chi connectivity index (χ0v) is 9.98. The van der Waals surface area contributed by atoms with Crippen LogP contribution in [0.3, 0.4) is 0 Å². The molecule has 0 spiro atoms. The van der Waals surface area contributed by atoms with Crippen LogP contribution >= 0.6 is 0 Å². The van der Waals surface area contributed by atoms with Crippen LogP contribution in [0.4, 0.5) is 0 Å². The molecule has 5 heteroatoms. The highest BCUT2D eigenvalue weighted by Gasteiger charge is 2.15. The average Bonchev–Trinajstić information content (AvgIpc) is 2.37. The fourth-order valence-corrected chi connectivity index (χ4v) is 1.49. The number of aldehydes is 1. The van der Waals surface area contributed by atoms with Crippen molar-refractivity contribution in [2.75, 3.05) is 21.3 Å². The normalized spacial score (nSPS) is 9.59. The van der Waals surface area contributed by atoms with Crippen molar-refractivity contribution in [2.24, 2.45) is 0 Å². The molecule has 17 heavy (non-hydrogen) atoms. The van der Waals surface area contributed by atoms with Crippen molar-refractivity contribution in [3.05, 3.63) is 23.3 Å². The Labute approximate surface area is 99.3 Å². The molecule has 1 aromatic carbocycles. The van der Waals surface area contributed by atoms with Crippen molar-refractivity contribution < 1.29 is 23.8 Å². The Hall–Kier alpha value is -2.04. The predicted molar refractivity (Wildman–Crippen MR) is 60.7 cm³/mol. The highest BCUT2D eigenvalue weighted by atomic mass is 16.5. The van der Waals surface area contributed by atoms with Gasteiger partial charge in [-0.3, -0.25) is 9.59 Å². The van der Waals surface area contributed by atoms with Crippen LogP contribution < -0.4 is 9.47 Å². The number of ether oxygens (including phenoxy) is 3. The second-order valence-corrected chi connectivity index (χ2v) is 3.29. The van der Waals surface area contributed by atoms with Crippen molar-refractivity contribution in [3.8, 4) is 11.5 Å². The zero-order chi connectivity index (χ0) is 12.8. The smallest absolute Gasteiger partial charge is 0.310 e. The minimum atomic E-state index is -0.409. The Bertz CT molecular complexity index is 425. The van der Waals surface area contributed by atoms with Gasteiger partial charge in [-0.25, -0.2) is 0 Å². The Balaban J connectivity index is 3.23. The van der Waals surface area contributed by atoms with E-state index in [2.05, 4.69) is 4.74 Å². The van der Waals surface area contributed by atoms with Gasteiger partial charge in [-0.2, -0.15) is 0 Å². The van der Waals surface area contributed by atoms with Crippen LogP contribution in [0.1, 0.15) is 15.9 Å². The van der Waals surface area contributed by atoms with Crippen LogP contribution in [0.5, 0.6) is 11.5 Å². The molecule has 0 heterocycles. The molecular weight excluding hydrogens is 224 g/mol. The summed E-state index contributed by atoms with van der Waals surface area (Å²) in [5, 5.41) is 0. The predicted octanol–water partition coefficient (Wildman–Crippen LogP) is 1.23. The molecule has 0 atom stereocenters. The summed E-state index contributed by atoms with van der Waals surface area (Å²) in [5.41, 5.74) is 0.974. The van der Waals surface area contributed by atoms with E-state index < -0.39 is 5.97 Å². The SMILES string of the molecule is COC(=O)Cc1cc(C=O)cc(OC)c1OC. The molecule has 0 aliphatic carbocycles. The summed E-state index contributed by atoms with van der Waals surface area (Å²) in [4.78, 5) is 22.0. The van der Waals surface area contributed by atoms with Gasteiger partial charge in [0.05, 0.1) is 27.8 Å². The first-order valence-corrected chi connectivity index (χ1v) is 4.93. The molecule has 0 aliphatic heterocycles. The number of methoxy groups -OCH3 is 3. The van der Waals surface area contributed by atoms with E-state index in [0.717, 1.165) is 0 Å². The minimum Gasteiger partial charge on any atom is -0.493 e. The van der Waals surface area contributed by atoms with Gasteiger partial charge in [0.25, 0.3) is 0 Å². The van der Waals surface area contributed by atoms with E-state index in [-0.39, 0.29) is 6.42 Å². The molecule has 5 nitrogen and oxygen atoms in total. The third kappa shape index (κ3) is 2.96. The Morgan fingerprint density at radius 1 is 1.24 bits per heavy atom. The molecule has 0 bridgehead atoms. The van der Waals surface area contributed by atoms with Crippen molar-refractivity contribution in [1.29, 1.82) is 0 Å². The standard InChI is InChI=1S/C12H14O5/c1-15-10-5-8(7-13)4-9(12(10)17-3)6-11(14)16-2/h4-5,7H,6H2,1-3H3. The van der Waals surface area contributed by atoms with E-state index in [0.29, 0.717) is 28.9 Å². The quantitative estimate of drug-likeness (QED) is 0.570. The van der Waals surface area contributed by atoms with Gasteiger partial charge in [-0.15, -0.1) is 0 Å². The van der Waals surface area contributed by atoms with E-state index in [1.54, 1.807) is 12.1 Å². The molecule has 0 amide bonds. The Kier molecular flexibility index (Phi) is 4.51. The van der Waals surface area contributed by atoms with Crippen molar-refractivity contribution in [1.82, 2.24) is 0 Å². The fraction of sp³-hybridized carbons (Fsp3) is 0.333. The van der Waals surface area contributed by atoms with E-state index in [1.807, 2.05) is 0 Å². The number of benzene rings is 1. The van der Waals surface area contributed by atoms with Crippen LogP contribution in [0.25, 0.3) is 0 Å². The molecule has 1 aromatic rings. The van der Waals surface area contributed by atoms with Gasteiger partial charge >= 0.3 is 5.97 Å². The monoisotopic (exact) mass is 238 g/mol. The Morgan fingerprint density at radius 2 is 1.94 bits per heavy atom. The molecular formula is C12H14O5. The zero-order valence-electron chi connectivity index (χ0n) is 9.98. The maximum absolute atomic E-state index is 11.2. The maximum Gasteiger partial charge on any atom is 0.310 e. The van der Waals surface area contributed by atoms with Crippen LogP contribution in [-0.2, 0) is 16.0 Å². The lowest BCUT2D eigenvalue weighted by atomic mass is 10.1. The second kappa shape index (κ2) is 5.89. The lowest BCUT2D eigenvalue weighted by molar-refractivity contribution is -0.139. The lowest BCUT2D eigenvalue weighted by Gasteiger charge is -2.12. The topological polar surface area (TPSA) is 61.8 Å². The van der Waals surface area contributed by atoms with Crippen molar-refractivity contribution in [2.45, 2.75) is 6.42 Å². The largest absolute Gasteiger partial charge is 0.493 e. The second-order valence-electron chi connectivity index (χ2n) is 3.29. The van der Waals surface area contributed by atoms with Crippen molar-refractivity contribution >= 4 is 12.3 Å². The Morgan fingerprint density at radius 3 is 2.41 bits per heavy atom. The number of hydrogen-bond acceptors (Lipinski definition) is 5. The summed E-state index contributed by atoms with van der Waals surface area (Å²) in [6.07, 6.45) is 0.709. The molecule has 0 saturated heterocycles. The molecule has 0 radical (unpaired) electrons. The first-order valence-electron chi connectivity index (χ1n) is 4.93. The van der Waals surface area contributed by atoms with Crippen LogP contribution in [0.15, 0.2) is 12.1 Å². The fourth-order valence-electron chi connectivity index (χ4n) is 1.49. The van der Waals surface area contributed by atoms with Gasteiger partial charge in [0.2, 0.25) is 0 Å². The van der Waals surface area contributed by atoms with E-state index >= 15 is 0 Å². The maximum atomic E-state index is 11.2. The van der Waals surface area contributed by atoms with Gasteiger partial charge in [0.1, 0.15) is 6.29 Å². The minimum absolute atomic E-state index is 0.0255. The highest BCUT2D eigenvalue weighted by molar-refractivity contribution is 5.80. The number of rotatable bonds is 5. The highest BCUT2D eigenvalue weighted by Crippen LogP contribution is 2.32. The summed E-state index contributed by atoms with van der Waals surface area (Å²) in [6, 6.07) is 3.12. The molecule has 0 aliphatic rings. The van der Waals surface area contributed by atoms with E-state index in [9.17, 15) is 9.59 Å². The summed E-state index contributed by atoms with van der Waals surface area (Å²) >= 11 is 0. The van der Waals surface area contributed by atoms with Crippen LogP contribution in [0, 0.1) is 0 Å². The van der Waals surface area contributed by atoms with Gasteiger partial charge in [-0.05, 0) is 12.1 Å². The lowest BCUT2D eigenvalue weighted by Crippen LogP contribution is -2.07. The third-order valence-corrected chi connectivity index (χ3v) is 2.28. The summed E-state index contributed by atoms with van der Waals surface area (Å²) in [7, 11) is 4.24. The molecule has 0 saturated carbocycles. The van der Waals surface area contributed by atoms with E-state index in [1.165, 1.54) is 21.3 Å². The van der Waals surface area contributed by atoms with E-state index in [4.69, 9.17) is 9.47 Å². The van der Waals surface area contributed by atoms with Crippen LogP contribution in [-0.4, -0.2) is 33.6 Å². The first-order chi connectivity index (χ1) is 8.15. The number of hydrogen-bond donors (Lipinski definition) is 0. The molecule has 0 aromatic heterocycles. The first kappa shape index (κ1) is 13.0. The van der Waals surface area contributed by atoms with Crippen molar-refractivity contribution in [3.63, 3.8) is 0 Å². The molecule has 0 unspecified atom stereocenters. The molecule has 92 valence electrons. The number of esters is 1. The summed E-state index contributed by atoms with van der Waals surface area (Å²) in [5.74, 6) is 0.438. The number of carbonyl (C=O) groups is 2. The number of carbonyl (C=O) groups excluding carboxylic acids is 2. The summed E-state index contributed by atoms with van der Waals surface area (Å²) in [6.45, 7) is 0. The van der Waals surface area contributed by atoms with Gasteiger partial charge in [0.15, 0.2) is 11.5 Å². The van der Waals surface area contributed by atoms with Gasteiger partial charge in [-0.1, -0.05) is 0 Å². The van der Waals surface area contributed by atoms with Crippen LogP contribution in [0.2, 0.25) is 0 Å². The molecule has 0 fully saturated rings. The summed E-state index contributed by atoms with van der Waals surface area (Å²) < 4.78 is 14.8. The van der Waals surface area contributed by atoms with Gasteiger partial charge < -0.3 is 14.2 Å².